The lowest BCUT2D eigenvalue weighted by atomic mass is 9.91. The van der Waals surface area contributed by atoms with Crippen LogP contribution in [0.3, 0.4) is 0 Å². The fourth-order valence-corrected chi connectivity index (χ4v) is 3.08. The van der Waals surface area contributed by atoms with Gasteiger partial charge in [-0.15, -0.1) is 0 Å². The fraction of sp³-hybridized carbons (Fsp3) is 0.571. The van der Waals surface area contributed by atoms with Crippen LogP contribution in [0.15, 0.2) is 18.2 Å². The normalized spacial score (nSPS) is 20.9. The average molecular weight is 283 g/mol. The molecule has 1 aromatic carbocycles. The van der Waals surface area contributed by atoms with Gasteiger partial charge >= 0.3 is 0 Å². The quantitative estimate of drug-likeness (QED) is 0.757. The highest BCUT2D eigenvalue weighted by Gasteiger charge is 2.30. The molecule has 2 rings (SSSR count). The van der Waals surface area contributed by atoms with Crippen molar-refractivity contribution in [1.82, 2.24) is 0 Å². The first-order chi connectivity index (χ1) is 7.63. The van der Waals surface area contributed by atoms with E-state index in [9.17, 15) is 0 Å². The largest absolute Gasteiger partial charge is 0.497 e. The Bertz CT molecular complexity index is 373. The molecule has 16 heavy (non-hydrogen) atoms. The van der Waals surface area contributed by atoms with E-state index in [2.05, 4.69) is 48.0 Å². The molecule has 0 aliphatic heterocycles. The lowest BCUT2D eigenvalue weighted by Gasteiger charge is -2.22. The van der Waals surface area contributed by atoms with E-state index in [0.29, 0.717) is 16.7 Å². The van der Waals surface area contributed by atoms with Crippen LogP contribution in [0.4, 0.5) is 0 Å². The number of hydrogen-bond donors (Lipinski definition) is 0. The Hall–Kier alpha value is -0.500. The summed E-state index contributed by atoms with van der Waals surface area (Å²) in [7, 11) is 1.74. The van der Waals surface area contributed by atoms with Gasteiger partial charge in [0, 0.05) is 4.83 Å². The van der Waals surface area contributed by atoms with Crippen LogP contribution >= 0.6 is 15.9 Å². The third-order valence-corrected chi connectivity index (χ3v) is 5.19. The topological polar surface area (TPSA) is 9.23 Å². The summed E-state index contributed by atoms with van der Waals surface area (Å²) in [4.78, 5) is 0.570. The van der Waals surface area contributed by atoms with Gasteiger partial charge in [0.05, 0.1) is 7.11 Å². The Morgan fingerprint density at radius 1 is 1.38 bits per heavy atom. The second kappa shape index (κ2) is 4.79. The number of methoxy groups -OCH3 is 1. The second-order valence-electron chi connectivity index (χ2n) is 4.90. The van der Waals surface area contributed by atoms with Crippen molar-refractivity contribution in [3.8, 4) is 5.75 Å². The maximum atomic E-state index is 5.31. The van der Waals surface area contributed by atoms with E-state index in [4.69, 9.17) is 4.74 Å². The van der Waals surface area contributed by atoms with Gasteiger partial charge in [0.15, 0.2) is 0 Å². The van der Waals surface area contributed by atoms with Crippen LogP contribution in [0.1, 0.15) is 37.3 Å². The minimum atomic E-state index is 0.570. The Balaban J connectivity index is 2.30. The minimum absolute atomic E-state index is 0.570. The first kappa shape index (κ1) is 12.0. The highest BCUT2D eigenvalue weighted by Crippen LogP contribution is 2.42. The van der Waals surface area contributed by atoms with Gasteiger partial charge in [-0.1, -0.05) is 35.8 Å². The van der Waals surface area contributed by atoms with Crippen molar-refractivity contribution in [1.29, 1.82) is 0 Å². The van der Waals surface area contributed by atoms with Crippen LogP contribution in [0.5, 0.6) is 5.75 Å². The summed E-state index contributed by atoms with van der Waals surface area (Å²) >= 11 is 3.84. The van der Waals surface area contributed by atoms with Gasteiger partial charge in [-0.05, 0) is 47.9 Å². The number of benzene rings is 1. The summed E-state index contributed by atoms with van der Waals surface area (Å²) in [6.07, 6.45) is 2.47. The predicted molar refractivity (Wildman–Crippen MR) is 71.6 cm³/mol. The monoisotopic (exact) mass is 282 g/mol. The molecular formula is C14H19BrO. The van der Waals surface area contributed by atoms with Crippen LogP contribution < -0.4 is 4.74 Å². The molecule has 0 bridgehead atoms. The maximum Gasteiger partial charge on any atom is 0.119 e. The Morgan fingerprint density at radius 3 is 2.75 bits per heavy atom. The van der Waals surface area contributed by atoms with E-state index < -0.39 is 0 Å². The molecule has 0 aromatic heterocycles. The first-order valence-corrected chi connectivity index (χ1v) is 6.86. The van der Waals surface area contributed by atoms with E-state index in [1.54, 1.807) is 7.11 Å². The van der Waals surface area contributed by atoms with Gasteiger partial charge in [-0.3, -0.25) is 0 Å². The molecule has 1 aliphatic carbocycles. The molecule has 1 nitrogen and oxygen atoms in total. The molecule has 0 heterocycles. The zero-order valence-electron chi connectivity index (χ0n) is 10.2. The van der Waals surface area contributed by atoms with Crippen LogP contribution in [-0.2, 0) is 6.42 Å². The smallest absolute Gasteiger partial charge is 0.119 e. The summed E-state index contributed by atoms with van der Waals surface area (Å²) in [5.41, 5.74) is 2.98. The summed E-state index contributed by atoms with van der Waals surface area (Å²) in [6, 6.07) is 6.50. The fourth-order valence-electron chi connectivity index (χ4n) is 2.53. The van der Waals surface area contributed by atoms with Crippen molar-refractivity contribution in [2.24, 2.45) is 5.92 Å². The molecule has 0 saturated carbocycles. The number of halogens is 1. The minimum Gasteiger partial charge on any atom is -0.497 e. The van der Waals surface area contributed by atoms with E-state index >= 15 is 0 Å². The van der Waals surface area contributed by atoms with Crippen LogP contribution in [0.2, 0.25) is 0 Å². The van der Waals surface area contributed by atoms with Crippen LogP contribution in [-0.4, -0.2) is 11.9 Å². The molecule has 0 N–H and O–H groups in total. The van der Waals surface area contributed by atoms with E-state index in [-0.39, 0.29) is 0 Å². The molecule has 0 saturated heterocycles. The van der Waals surface area contributed by atoms with Gasteiger partial charge in [-0.2, -0.15) is 0 Å². The standard InChI is InChI=1S/C14H19BrO/c1-9(2)14(15)12-7-5-10-4-6-11(16-3)8-13(10)12/h4,6,8-9,12,14H,5,7H2,1-3H3. The third-order valence-electron chi connectivity index (χ3n) is 3.50. The molecule has 1 aromatic rings. The Labute approximate surface area is 106 Å². The number of fused-ring (bicyclic) bond motifs is 1. The summed E-state index contributed by atoms with van der Waals surface area (Å²) in [6.45, 7) is 4.55. The zero-order chi connectivity index (χ0) is 11.7. The molecule has 2 unspecified atom stereocenters. The zero-order valence-corrected chi connectivity index (χ0v) is 11.8. The highest BCUT2D eigenvalue weighted by atomic mass is 79.9. The lowest BCUT2D eigenvalue weighted by Crippen LogP contribution is -2.16. The lowest BCUT2D eigenvalue weighted by molar-refractivity contribution is 0.413. The van der Waals surface area contributed by atoms with Crippen molar-refractivity contribution < 1.29 is 4.74 Å². The summed E-state index contributed by atoms with van der Waals surface area (Å²) in [5, 5.41) is 0. The summed E-state index contributed by atoms with van der Waals surface area (Å²) in [5.74, 6) is 2.29. The predicted octanol–water partition coefficient (Wildman–Crippen LogP) is 4.14. The second-order valence-corrected chi connectivity index (χ2v) is 5.96. The van der Waals surface area contributed by atoms with Crippen molar-refractivity contribution in [2.75, 3.05) is 7.11 Å². The van der Waals surface area contributed by atoms with Crippen molar-refractivity contribution in [3.63, 3.8) is 0 Å². The van der Waals surface area contributed by atoms with Gasteiger partial charge in [-0.25, -0.2) is 0 Å². The van der Waals surface area contributed by atoms with Gasteiger partial charge in [0.1, 0.15) is 5.75 Å². The molecule has 88 valence electrons. The third kappa shape index (κ3) is 2.13. The number of rotatable bonds is 3. The molecule has 0 spiro atoms. The molecular weight excluding hydrogens is 264 g/mol. The maximum absolute atomic E-state index is 5.31. The first-order valence-electron chi connectivity index (χ1n) is 5.94. The van der Waals surface area contributed by atoms with Crippen molar-refractivity contribution >= 4 is 15.9 Å². The number of aryl methyl sites for hydroxylation is 1. The van der Waals surface area contributed by atoms with E-state index in [1.807, 2.05) is 0 Å². The molecule has 0 radical (unpaired) electrons. The Morgan fingerprint density at radius 2 is 2.12 bits per heavy atom. The molecule has 0 fully saturated rings. The van der Waals surface area contributed by atoms with E-state index in [1.165, 1.54) is 24.0 Å². The van der Waals surface area contributed by atoms with Crippen LogP contribution in [0.25, 0.3) is 0 Å². The summed E-state index contributed by atoms with van der Waals surface area (Å²) < 4.78 is 5.31. The Kier molecular flexibility index (Phi) is 3.58. The number of hydrogen-bond acceptors (Lipinski definition) is 1. The average Bonchev–Trinajstić information content (AvgIpc) is 2.70. The SMILES string of the molecule is COc1ccc2c(c1)C(C(Br)C(C)C)CC2. The highest BCUT2D eigenvalue weighted by molar-refractivity contribution is 9.09. The van der Waals surface area contributed by atoms with Crippen molar-refractivity contribution in [3.05, 3.63) is 29.3 Å². The number of alkyl halides is 1. The van der Waals surface area contributed by atoms with Gasteiger partial charge in [0.25, 0.3) is 0 Å². The van der Waals surface area contributed by atoms with Gasteiger partial charge in [0.2, 0.25) is 0 Å². The van der Waals surface area contributed by atoms with Crippen molar-refractivity contribution in [2.45, 2.75) is 37.4 Å². The molecule has 0 amide bonds. The molecule has 2 atom stereocenters. The van der Waals surface area contributed by atoms with Crippen LogP contribution in [0, 0.1) is 5.92 Å². The van der Waals surface area contributed by atoms with E-state index in [0.717, 1.165) is 5.75 Å². The van der Waals surface area contributed by atoms with Gasteiger partial charge < -0.3 is 4.74 Å². The molecule has 1 aliphatic rings. The molecule has 2 heteroatoms. The number of ether oxygens (including phenoxy) is 1.